The number of halogens is 1. The van der Waals surface area contributed by atoms with Crippen molar-refractivity contribution in [2.45, 2.75) is 0 Å². The first-order valence-corrected chi connectivity index (χ1v) is 3.57. The van der Waals surface area contributed by atoms with E-state index in [2.05, 4.69) is 0 Å². The van der Waals surface area contributed by atoms with Crippen molar-refractivity contribution in [3.8, 4) is 0 Å². The molecular formula is C9H10ClNO. The fraction of sp³-hybridized carbons (Fsp3) is 0.111. The Morgan fingerprint density at radius 2 is 2.08 bits per heavy atom. The Morgan fingerprint density at radius 3 is 2.92 bits per heavy atom. The summed E-state index contributed by atoms with van der Waals surface area (Å²) in [6.45, 7) is 0.590. The predicted molar refractivity (Wildman–Crippen MR) is 51.0 cm³/mol. The summed E-state index contributed by atoms with van der Waals surface area (Å²) in [4.78, 5) is 2.00. The molecule has 0 radical (unpaired) electrons. The molecule has 0 saturated carbocycles. The van der Waals surface area contributed by atoms with Crippen LogP contribution in [0.3, 0.4) is 0 Å². The molecule has 0 aliphatic carbocycles. The van der Waals surface area contributed by atoms with Crippen LogP contribution >= 0.6 is 12.4 Å². The van der Waals surface area contributed by atoms with E-state index in [9.17, 15) is 0 Å². The Labute approximate surface area is 77.6 Å². The molecule has 1 N–H and O–H groups in total. The lowest BCUT2D eigenvalue weighted by atomic mass is 10.2. The molecular weight excluding hydrogens is 174 g/mol. The molecule has 0 saturated heterocycles. The van der Waals surface area contributed by atoms with Crippen LogP contribution in [-0.2, 0) is 0 Å². The summed E-state index contributed by atoms with van der Waals surface area (Å²) in [7, 11) is 0. The van der Waals surface area contributed by atoms with Crippen LogP contribution in [0.15, 0.2) is 48.0 Å². The quantitative estimate of drug-likeness (QED) is 0.622. The number of aliphatic hydroxyl groups is 1. The van der Waals surface area contributed by atoms with Crippen molar-refractivity contribution in [3.05, 3.63) is 48.0 Å². The molecule has 0 bridgehead atoms. The molecule has 0 amide bonds. The van der Waals surface area contributed by atoms with Gasteiger partial charge in [0.05, 0.1) is 6.54 Å². The molecule has 0 fully saturated rings. The molecule has 12 heavy (non-hydrogen) atoms. The molecule has 0 aromatic heterocycles. The van der Waals surface area contributed by atoms with Crippen molar-refractivity contribution in [2.24, 2.45) is 0 Å². The van der Waals surface area contributed by atoms with Gasteiger partial charge in [-0.2, -0.15) is 0 Å². The Balaban J connectivity index is 0.000000720. The lowest BCUT2D eigenvalue weighted by Gasteiger charge is -2.25. The Bertz CT molecular complexity index is 289. The van der Waals surface area contributed by atoms with E-state index < -0.39 is 0 Å². The van der Waals surface area contributed by atoms with E-state index in [1.165, 1.54) is 0 Å². The minimum Gasteiger partial charge on any atom is -0.510 e. The minimum atomic E-state index is 0. The summed E-state index contributed by atoms with van der Waals surface area (Å²) in [5, 5.41) is 9.16. The molecule has 0 spiro atoms. The summed E-state index contributed by atoms with van der Waals surface area (Å²) in [5.74, 6) is 0.411. The topological polar surface area (TPSA) is 23.5 Å². The Kier molecular flexibility index (Phi) is 2.61. The second-order valence-electron chi connectivity index (χ2n) is 2.58. The van der Waals surface area contributed by atoms with E-state index in [1.54, 1.807) is 6.08 Å². The molecule has 2 nitrogen and oxygen atoms in total. The number of hydrogen-bond donors (Lipinski definition) is 1. The number of rotatable bonds is 0. The van der Waals surface area contributed by atoms with Crippen molar-refractivity contribution < 1.29 is 5.11 Å². The van der Waals surface area contributed by atoms with Crippen LogP contribution in [0.2, 0.25) is 0 Å². The van der Waals surface area contributed by atoms with E-state index in [4.69, 9.17) is 5.11 Å². The van der Waals surface area contributed by atoms with Crippen LogP contribution in [0.4, 0.5) is 0 Å². The number of fused-ring (bicyclic) bond motifs is 1. The van der Waals surface area contributed by atoms with Gasteiger partial charge in [-0.25, -0.2) is 0 Å². The zero-order chi connectivity index (χ0) is 7.68. The van der Waals surface area contributed by atoms with Gasteiger partial charge in [-0.3, -0.25) is 0 Å². The molecule has 0 aromatic carbocycles. The highest BCUT2D eigenvalue weighted by molar-refractivity contribution is 5.85. The van der Waals surface area contributed by atoms with Crippen LogP contribution in [0.1, 0.15) is 0 Å². The normalized spacial score (nSPS) is 19.2. The van der Waals surface area contributed by atoms with Gasteiger partial charge in [0.2, 0.25) is 0 Å². The summed E-state index contributed by atoms with van der Waals surface area (Å²) in [5.41, 5.74) is 1.13. The summed E-state index contributed by atoms with van der Waals surface area (Å²) in [6.07, 6.45) is 11.5. The molecule has 0 atom stereocenters. The maximum absolute atomic E-state index is 9.16. The Morgan fingerprint density at radius 1 is 1.25 bits per heavy atom. The molecule has 2 rings (SSSR count). The van der Waals surface area contributed by atoms with E-state index in [0.29, 0.717) is 12.3 Å². The van der Waals surface area contributed by atoms with E-state index in [1.807, 2.05) is 35.4 Å². The fourth-order valence-corrected chi connectivity index (χ4v) is 1.19. The number of nitrogens with zero attached hydrogens (tertiary/aromatic N) is 1. The molecule has 2 aliphatic heterocycles. The number of aliphatic hydroxyl groups excluding tert-OH is 1. The lowest BCUT2D eigenvalue weighted by molar-refractivity contribution is 0.341. The van der Waals surface area contributed by atoms with Gasteiger partial charge >= 0.3 is 0 Å². The third kappa shape index (κ3) is 1.53. The highest BCUT2D eigenvalue weighted by atomic mass is 35.5. The van der Waals surface area contributed by atoms with Crippen molar-refractivity contribution in [2.75, 3.05) is 6.54 Å². The van der Waals surface area contributed by atoms with Gasteiger partial charge in [0.1, 0.15) is 5.76 Å². The molecule has 2 heterocycles. The van der Waals surface area contributed by atoms with Gasteiger partial charge in [0.25, 0.3) is 0 Å². The van der Waals surface area contributed by atoms with Gasteiger partial charge in [0, 0.05) is 11.9 Å². The average Bonchev–Trinajstić information content (AvgIpc) is 2.04. The third-order valence-electron chi connectivity index (χ3n) is 1.75. The van der Waals surface area contributed by atoms with Gasteiger partial charge in [-0.05, 0) is 24.3 Å². The molecule has 3 heteroatoms. The van der Waals surface area contributed by atoms with Crippen LogP contribution in [0.5, 0.6) is 0 Å². The van der Waals surface area contributed by atoms with Crippen molar-refractivity contribution in [1.82, 2.24) is 4.90 Å². The first-order chi connectivity index (χ1) is 5.36. The third-order valence-corrected chi connectivity index (χ3v) is 1.75. The lowest BCUT2D eigenvalue weighted by Crippen LogP contribution is -2.22. The summed E-state index contributed by atoms with van der Waals surface area (Å²) >= 11 is 0. The van der Waals surface area contributed by atoms with Crippen LogP contribution in [0, 0.1) is 0 Å². The van der Waals surface area contributed by atoms with Gasteiger partial charge < -0.3 is 10.0 Å². The first-order valence-electron chi connectivity index (χ1n) is 3.57. The standard InChI is InChI=1S/C9H9NO.ClH/c11-9-5-4-8-3-1-2-6-10(8)7-9;/h1-6,11H,7H2;1H. The summed E-state index contributed by atoms with van der Waals surface area (Å²) in [6, 6.07) is 0. The van der Waals surface area contributed by atoms with Gasteiger partial charge in [-0.1, -0.05) is 6.08 Å². The van der Waals surface area contributed by atoms with Crippen molar-refractivity contribution in [1.29, 1.82) is 0 Å². The van der Waals surface area contributed by atoms with Crippen LogP contribution in [-0.4, -0.2) is 16.6 Å². The van der Waals surface area contributed by atoms with Gasteiger partial charge in [-0.15, -0.1) is 12.4 Å². The predicted octanol–water partition coefficient (Wildman–Crippen LogP) is 2.13. The fourth-order valence-electron chi connectivity index (χ4n) is 1.19. The zero-order valence-electron chi connectivity index (χ0n) is 6.47. The Hall–Kier alpha value is -1.15. The van der Waals surface area contributed by atoms with Crippen molar-refractivity contribution in [3.63, 3.8) is 0 Å². The van der Waals surface area contributed by atoms with Gasteiger partial charge in [0.15, 0.2) is 0 Å². The first kappa shape index (κ1) is 8.94. The van der Waals surface area contributed by atoms with Crippen LogP contribution in [0.25, 0.3) is 0 Å². The maximum atomic E-state index is 9.16. The van der Waals surface area contributed by atoms with E-state index in [-0.39, 0.29) is 12.4 Å². The summed E-state index contributed by atoms with van der Waals surface area (Å²) < 4.78 is 0. The molecule has 64 valence electrons. The molecule has 0 unspecified atom stereocenters. The number of hydrogen-bond acceptors (Lipinski definition) is 2. The maximum Gasteiger partial charge on any atom is 0.112 e. The molecule has 0 aromatic rings. The second kappa shape index (κ2) is 3.50. The zero-order valence-corrected chi connectivity index (χ0v) is 7.29. The minimum absolute atomic E-state index is 0. The highest BCUT2D eigenvalue weighted by Crippen LogP contribution is 2.17. The van der Waals surface area contributed by atoms with Crippen LogP contribution < -0.4 is 0 Å². The van der Waals surface area contributed by atoms with Crippen molar-refractivity contribution >= 4 is 12.4 Å². The highest BCUT2D eigenvalue weighted by Gasteiger charge is 2.10. The van der Waals surface area contributed by atoms with E-state index in [0.717, 1.165) is 5.70 Å². The smallest absolute Gasteiger partial charge is 0.112 e. The monoisotopic (exact) mass is 183 g/mol. The number of allylic oxidation sites excluding steroid dienone is 5. The van der Waals surface area contributed by atoms with E-state index >= 15 is 0 Å². The average molecular weight is 184 g/mol. The largest absolute Gasteiger partial charge is 0.510 e. The SMILES string of the molecule is Cl.OC1=CC=C2C=CC=CN2C1. The molecule has 2 aliphatic rings. The second-order valence-corrected chi connectivity index (χ2v) is 2.58.